The number of aromatic amines is 1. The number of aliphatic hydroxyl groups excluding tert-OH is 3. The molecule has 1 amide bonds. The van der Waals surface area contributed by atoms with Gasteiger partial charge in [0, 0.05) is 12.3 Å². The molecule has 11 nitrogen and oxygen atoms in total. The van der Waals surface area contributed by atoms with Gasteiger partial charge in [0.05, 0.1) is 6.61 Å². The topological polar surface area (TPSA) is 165 Å². The lowest BCUT2D eigenvalue weighted by atomic mass is 10.1. The molecule has 0 saturated carbocycles. The predicted molar refractivity (Wildman–Crippen MR) is 64.2 cm³/mol. The SMILES string of the molecule is O=C(O)N(F)[C@]1(CO)O[C@@H](n2ccc(=O)[nH]c2=O)[C@H](O)[C@@H]1O. The van der Waals surface area contributed by atoms with Crippen molar-refractivity contribution >= 4 is 6.09 Å². The third-order valence-electron chi connectivity index (χ3n) is 3.25. The van der Waals surface area contributed by atoms with Crippen molar-refractivity contribution in [3.05, 3.63) is 33.1 Å². The van der Waals surface area contributed by atoms with Gasteiger partial charge in [0.25, 0.3) is 5.56 Å². The minimum absolute atomic E-state index is 0.613. The average molecular weight is 321 g/mol. The van der Waals surface area contributed by atoms with Gasteiger partial charge in [0.1, 0.15) is 12.2 Å². The van der Waals surface area contributed by atoms with E-state index < -0.39 is 53.2 Å². The third kappa shape index (κ3) is 2.27. The lowest BCUT2D eigenvalue weighted by molar-refractivity contribution is -0.254. The summed E-state index contributed by atoms with van der Waals surface area (Å²) >= 11 is 0. The molecule has 12 heteroatoms. The summed E-state index contributed by atoms with van der Waals surface area (Å²) < 4.78 is 19.2. The summed E-state index contributed by atoms with van der Waals surface area (Å²) in [7, 11) is 0. The van der Waals surface area contributed by atoms with Crippen LogP contribution in [0.15, 0.2) is 21.9 Å². The van der Waals surface area contributed by atoms with Crippen LogP contribution >= 0.6 is 0 Å². The Kier molecular flexibility index (Phi) is 4.02. The number of nitrogens with one attached hydrogen (secondary N) is 1. The van der Waals surface area contributed by atoms with Gasteiger partial charge in [-0.25, -0.2) is 9.59 Å². The fourth-order valence-electron chi connectivity index (χ4n) is 2.14. The van der Waals surface area contributed by atoms with Crippen LogP contribution in [0.5, 0.6) is 0 Å². The molecule has 0 unspecified atom stereocenters. The smallest absolute Gasteiger partial charge is 0.438 e. The highest BCUT2D eigenvalue weighted by molar-refractivity contribution is 5.64. The van der Waals surface area contributed by atoms with E-state index in [0.717, 1.165) is 12.3 Å². The molecule has 1 aromatic rings. The van der Waals surface area contributed by atoms with E-state index in [1.807, 2.05) is 4.98 Å². The van der Waals surface area contributed by atoms with E-state index in [4.69, 9.17) is 9.84 Å². The molecule has 2 heterocycles. The van der Waals surface area contributed by atoms with Crippen molar-refractivity contribution in [3.8, 4) is 0 Å². The summed E-state index contributed by atoms with van der Waals surface area (Å²) in [5.41, 5.74) is -4.61. The number of amides is 1. The number of aromatic nitrogens is 2. The number of nitrogens with zero attached hydrogens (tertiary/aromatic N) is 2. The molecule has 0 radical (unpaired) electrons. The highest BCUT2D eigenvalue weighted by Crippen LogP contribution is 2.39. The van der Waals surface area contributed by atoms with Crippen LogP contribution in [0.1, 0.15) is 6.23 Å². The van der Waals surface area contributed by atoms with Gasteiger partial charge >= 0.3 is 11.8 Å². The lowest BCUT2D eigenvalue weighted by Gasteiger charge is -2.32. The second-order valence-corrected chi connectivity index (χ2v) is 4.53. The second kappa shape index (κ2) is 5.49. The molecule has 2 rings (SSSR count). The Morgan fingerprint density at radius 3 is 2.64 bits per heavy atom. The molecular weight excluding hydrogens is 309 g/mol. The van der Waals surface area contributed by atoms with Gasteiger partial charge in [-0.3, -0.25) is 14.3 Å². The van der Waals surface area contributed by atoms with Crippen LogP contribution in [0.2, 0.25) is 0 Å². The van der Waals surface area contributed by atoms with Crippen LogP contribution in [-0.4, -0.2) is 65.7 Å². The van der Waals surface area contributed by atoms with Crippen LogP contribution in [-0.2, 0) is 4.74 Å². The van der Waals surface area contributed by atoms with Crippen molar-refractivity contribution in [2.45, 2.75) is 24.2 Å². The molecule has 0 aromatic carbocycles. The number of carboxylic acid groups (broad SMARTS) is 1. The first kappa shape index (κ1) is 16.1. The zero-order valence-electron chi connectivity index (χ0n) is 10.8. The van der Waals surface area contributed by atoms with Crippen molar-refractivity contribution in [2.24, 2.45) is 0 Å². The van der Waals surface area contributed by atoms with Gasteiger partial charge in [-0.1, -0.05) is 4.48 Å². The van der Waals surface area contributed by atoms with Gasteiger partial charge in [-0.05, 0) is 0 Å². The lowest BCUT2D eigenvalue weighted by Crippen LogP contribution is -2.58. The van der Waals surface area contributed by atoms with Crippen LogP contribution in [0, 0.1) is 0 Å². The first-order valence-electron chi connectivity index (χ1n) is 5.90. The summed E-state index contributed by atoms with van der Waals surface area (Å²) in [5.74, 6) is 0. The van der Waals surface area contributed by atoms with Crippen LogP contribution in [0.25, 0.3) is 0 Å². The number of aliphatic hydroxyl groups is 3. The number of hydrogen-bond donors (Lipinski definition) is 5. The van der Waals surface area contributed by atoms with Crippen molar-refractivity contribution in [3.63, 3.8) is 0 Å². The summed E-state index contributed by atoms with van der Waals surface area (Å²) in [5, 5.41) is 36.6. The highest BCUT2D eigenvalue weighted by atomic mass is 19.2. The molecule has 4 atom stereocenters. The minimum Gasteiger partial charge on any atom is -0.463 e. The Morgan fingerprint density at radius 1 is 1.50 bits per heavy atom. The van der Waals surface area contributed by atoms with Gasteiger partial charge in [-0.2, -0.15) is 0 Å². The van der Waals surface area contributed by atoms with E-state index in [9.17, 15) is 34.2 Å². The fraction of sp³-hybridized carbons (Fsp3) is 0.500. The Bertz CT molecular complexity index is 689. The van der Waals surface area contributed by atoms with Gasteiger partial charge in [0.2, 0.25) is 5.72 Å². The van der Waals surface area contributed by atoms with E-state index in [1.165, 1.54) is 0 Å². The van der Waals surface area contributed by atoms with E-state index in [1.54, 1.807) is 0 Å². The molecule has 1 aliphatic heterocycles. The highest BCUT2D eigenvalue weighted by Gasteiger charge is 2.61. The summed E-state index contributed by atoms with van der Waals surface area (Å²) in [6.45, 7) is -1.33. The quantitative estimate of drug-likeness (QED) is 0.376. The molecule has 1 saturated heterocycles. The summed E-state index contributed by atoms with van der Waals surface area (Å²) in [6.07, 6.45) is -7.16. The van der Waals surface area contributed by atoms with Crippen LogP contribution in [0.3, 0.4) is 0 Å². The molecule has 0 bridgehead atoms. The van der Waals surface area contributed by atoms with Crippen LogP contribution < -0.4 is 11.2 Å². The van der Waals surface area contributed by atoms with E-state index in [-0.39, 0.29) is 0 Å². The molecule has 1 fully saturated rings. The second-order valence-electron chi connectivity index (χ2n) is 4.53. The summed E-state index contributed by atoms with van der Waals surface area (Å²) in [6, 6.07) is 0.896. The minimum atomic E-state index is -2.81. The molecule has 122 valence electrons. The molecule has 0 spiro atoms. The maximum absolute atomic E-state index is 13.7. The first-order valence-corrected chi connectivity index (χ1v) is 5.90. The van der Waals surface area contributed by atoms with E-state index >= 15 is 0 Å². The molecule has 22 heavy (non-hydrogen) atoms. The van der Waals surface area contributed by atoms with E-state index in [0.29, 0.717) is 4.57 Å². The van der Waals surface area contributed by atoms with Gasteiger partial charge in [0.15, 0.2) is 6.23 Å². The molecule has 1 aliphatic rings. The zero-order chi connectivity index (χ0) is 16.7. The average Bonchev–Trinajstić information content (AvgIpc) is 2.72. The monoisotopic (exact) mass is 321 g/mol. The number of rotatable bonds is 3. The van der Waals surface area contributed by atoms with Gasteiger partial charge < -0.3 is 25.2 Å². The number of halogens is 1. The fourth-order valence-corrected chi connectivity index (χ4v) is 2.14. The Balaban J connectivity index is 2.47. The van der Waals surface area contributed by atoms with Crippen molar-refractivity contribution in [2.75, 3.05) is 6.61 Å². The molecular formula is C10H12FN3O8. The van der Waals surface area contributed by atoms with Crippen molar-refractivity contribution < 1.29 is 34.4 Å². The normalized spacial score (nSPS) is 31.2. The third-order valence-corrected chi connectivity index (χ3v) is 3.25. The number of carbonyl (C=O) groups is 1. The Labute approximate surface area is 120 Å². The Morgan fingerprint density at radius 2 is 2.14 bits per heavy atom. The summed E-state index contributed by atoms with van der Waals surface area (Å²) in [4.78, 5) is 35.2. The largest absolute Gasteiger partial charge is 0.463 e. The van der Waals surface area contributed by atoms with Gasteiger partial charge in [-0.15, -0.1) is 5.12 Å². The van der Waals surface area contributed by atoms with E-state index in [2.05, 4.69) is 0 Å². The molecule has 5 N–H and O–H groups in total. The first-order chi connectivity index (χ1) is 10.2. The number of ether oxygens (including phenoxy) is 1. The van der Waals surface area contributed by atoms with Crippen molar-refractivity contribution in [1.82, 2.24) is 14.7 Å². The maximum Gasteiger partial charge on any atom is 0.438 e. The maximum atomic E-state index is 13.7. The molecule has 1 aromatic heterocycles. The van der Waals surface area contributed by atoms with Crippen LogP contribution in [0.4, 0.5) is 9.28 Å². The number of H-pyrrole nitrogens is 1. The van der Waals surface area contributed by atoms with Crippen molar-refractivity contribution in [1.29, 1.82) is 0 Å². The standard InChI is InChI=1S/C10H12FN3O8/c11-14(9(20)21)10(3-15)6(18)5(17)7(22-10)13-2-1-4(16)12-8(13)19/h1-2,5-7,15,17-18H,3H2,(H,20,21)(H,12,16,19)/t5-,6+,7-,10-/m1/s1. The Hall–Kier alpha value is -2.28. The molecule has 0 aliphatic carbocycles. The number of hydrogen-bond acceptors (Lipinski definition) is 7. The zero-order valence-corrected chi connectivity index (χ0v) is 10.8. The predicted octanol–water partition coefficient (Wildman–Crippen LogP) is -2.66.